The zero-order valence-electron chi connectivity index (χ0n) is 7.56. The number of likely N-dealkylation sites (N-methyl/N-ethyl adjacent to an activating group) is 1. The minimum absolute atomic E-state index is 0.150. The highest BCUT2D eigenvalue weighted by atomic mass is 16.5. The molecule has 14 heavy (non-hydrogen) atoms. The number of aliphatic hydroxyl groups is 2. The van der Waals surface area contributed by atoms with Gasteiger partial charge in [0.2, 0.25) is 5.78 Å². The van der Waals surface area contributed by atoms with Crippen molar-refractivity contribution in [1.82, 2.24) is 5.32 Å². The Morgan fingerprint density at radius 2 is 2.29 bits per heavy atom. The molecular formula is C8H11NO5. The van der Waals surface area contributed by atoms with Gasteiger partial charge < -0.3 is 20.3 Å². The second kappa shape index (κ2) is 3.77. The van der Waals surface area contributed by atoms with E-state index in [0.717, 1.165) is 0 Å². The van der Waals surface area contributed by atoms with Gasteiger partial charge in [-0.05, 0) is 0 Å². The number of ketones is 1. The summed E-state index contributed by atoms with van der Waals surface area (Å²) in [4.78, 5) is 22.2. The van der Waals surface area contributed by atoms with Crippen LogP contribution in [0.5, 0.6) is 0 Å². The van der Waals surface area contributed by atoms with Crippen LogP contribution in [0, 0.1) is 0 Å². The lowest BCUT2D eigenvalue weighted by Gasteiger charge is -2.14. The maximum absolute atomic E-state index is 11.2. The number of carbonyl (C=O) groups is 2. The van der Waals surface area contributed by atoms with Gasteiger partial charge in [0.05, 0.1) is 0 Å². The molecule has 0 aromatic carbocycles. The standard InChI is InChI=1S/C8H11NO5/c1-3-4(10)5(11)7(14-3)6(12)8(13)9-2/h4,6-7,10,12H,1H2,2H3,(H,9,13)/t4-,6-,7+/m1/s1. The Hall–Kier alpha value is -1.40. The molecule has 78 valence electrons. The third-order valence-corrected chi connectivity index (χ3v) is 1.94. The van der Waals surface area contributed by atoms with Crippen LogP contribution in [-0.4, -0.2) is 47.3 Å². The predicted molar refractivity (Wildman–Crippen MR) is 45.1 cm³/mol. The zero-order chi connectivity index (χ0) is 10.9. The van der Waals surface area contributed by atoms with Crippen LogP contribution in [0.3, 0.4) is 0 Å². The highest BCUT2D eigenvalue weighted by Crippen LogP contribution is 2.21. The smallest absolute Gasteiger partial charge is 0.252 e. The zero-order valence-corrected chi connectivity index (χ0v) is 7.56. The molecule has 6 nitrogen and oxygen atoms in total. The van der Waals surface area contributed by atoms with Crippen LogP contribution >= 0.6 is 0 Å². The second-order valence-corrected chi connectivity index (χ2v) is 2.87. The van der Waals surface area contributed by atoms with Crippen molar-refractivity contribution in [2.75, 3.05) is 7.05 Å². The molecule has 0 aliphatic carbocycles. The Morgan fingerprint density at radius 3 is 2.64 bits per heavy atom. The average Bonchev–Trinajstić information content (AvgIpc) is 2.43. The molecule has 6 heteroatoms. The largest absolute Gasteiger partial charge is 0.481 e. The first kappa shape index (κ1) is 10.7. The third kappa shape index (κ3) is 1.61. The van der Waals surface area contributed by atoms with Crippen LogP contribution in [0.25, 0.3) is 0 Å². The Morgan fingerprint density at radius 1 is 1.71 bits per heavy atom. The molecule has 1 amide bonds. The molecule has 0 saturated carbocycles. The lowest BCUT2D eigenvalue weighted by atomic mass is 10.1. The van der Waals surface area contributed by atoms with E-state index >= 15 is 0 Å². The van der Waals surface area contributed by atoms with Crippen molar-refractivity contribution in [3.8, 4) is 0 Å². The molecule has 1 saturated heterocycles. The van der Waals surface area contributed by atoms with E-state index in [2.05, 4.69) is 11.9 Å². The molecule has 3 N–H and O–H groups in total. The molecule has 0 unspecified atom stereocenters. The molecular weight excluding hydrogens is 190 g/mol. The first-order valence-electron chi connectivity index (χ1n) is 3.96. The summed E-state index contributed by atoms with van der Waals surface area (Å²) in [5, 5.41) is 20.6. The van der Waals surface area contributed by atoms with E-state index in [1.54, 1.807) is 0 Å². The van der Waals surface area contributed by atoms with E-state index in [1.165, 1.54) is 7.05 Å². The molecule has 0 radical (unpaired) electrons. The molecule has 1 aliphatic rings. The van der Waals surface area contributed by atoms with Gasteiger partial charge in [-0.2, -0.15) is 0 Å². The number of hydrogen-bond donors (Lipinski definition) is 3. The van der Waals surface area contributed by atoms with E-state index in [0.29, 0.717) is 0 Å². The highest BCUT2D eigenvalue weighted by Gasteiger charge is 2.44. The summed E-state index contributed by atoms with van der Waals surface area (Å²) in [7, 11) is 1.32. The highest BCUT2D eigenvalue weighted by molar-refractivity contribution is 5.97. The summed E-state index contributed by atoms with van der Waals surface area (Å²) in [6.45, 7) is 3.27. The number of aliphatic hydroxyl groups excluding tert-OH is 2. The average molecular weight is 201 g/mol. The van der Waals surface area contributed by atoms with Crippen molar-refractivity contribution in [2.45, 2.75) is 18.3 Å². The topological polar surface area (TPSA) is 95.9 Å². The number of nitrogens with one attached hydrogen (secondary N) is 1. The Kier molecular flexibility index (Phi) is 2.87. The summed E-state index contributed by atoms with van der Waals surface area (Å²) in [5.74, 6) is -1.65. The predicted octanol–water partition coefficient (Wildman–Crippen LogP) is -2.06. The fourth-order valence-corrected chi connectivity index (χ4v) is 1.11. The van der Waals surface area contributed by atoms with Crippen molar-refractivity contribution in [3.05, 3.63) is 12.3 Å². The molecule has 1 heterocycles. The van der Waals surface area contributed by atoms with Gasteiger partial charge in [0, 0.05) is 7.05 Å². The van der Waals surface area contributed by atoms with Crippen LogP contribution in [-0.2, 0) is 14.3 Å². The van der Waals surface area contributed by atoms with Crippen molar-refractivity contribution >= 4 is 11.7 Å². The van der Waals surface area contributed by atoms with Gasteiger partial charge in [-0.3, -0.25) is 9.59 Å². The van der Waals surface area contributed by atoms with Crippen LogP contribution in [0.15, 0.2) is 12.3 Å². The first-order valence-corrected chi connectivity index (χ1v) is 3.96. The lowest BCUT2D eigenvalue weighted by Crippen LogP contribution is -2.44. The van der Waals surface area contributed by atoms with Crippen LogP contribution in [0.1, 0.15) is 0 Å². The second-order valence-electron chi connectivity index (χ2n) is 2.87. The summed E-state index contributed by atoms with van der Waals surface area (Å²) in [6.07, 6.45) is -4.45. The van der Waals surface area contributed by atoms with Gasteiger partial charge >= 0.3 is 0 Å². The Balaban J connectivity index is 2.76. The maximum Gasteiger partial charge on any atom is 0.252 e. The Labute approximate surface area is 80.2 Å². The third-order valence-electron chi connectivity index (χ3n) is 1.94. The minimum atomic E-state index is -1.62. The fourth-order valence-electron chi connectivity index (χ4n) is 1.11. The normalized spacial score (nSPS) is 28.5. The quantitative estimate of drug-likeness (QED) is 0.477. The van der Waals surface area contributed by atoms with Crippen LogP contribution < -0.4 is 5.32 Å². The SMILES string of the molecule is C=C1O[C@H]([C@@H](O)C(=O)NC)C(=O)[C@@H]1O. The molecule has 1 fully saturated rings. The van der Waals surface area contributed by atoms with E-state index < -0.39 is 30.0 Å². The molecule has 0 spiro atoms. The molecule has 3 atom stereocenters. The number of amides is 1. The molecule has 0 aromatic heterocycles. The van der Waals surface area contributed by atoms with Crippen molar-refractivity contribution < 1.29 is 24.5 Å². The van der Waals surface area contributed by atoms with E-state index in [1.807, 2.05) is 0 Å². The van der Waals surface area contributed by atoms with Crippen molar-refractivity contribution in [2.24, 2.45) is 0 Å². The summed E-state index contributed by atoms with van der Waals surface area (Å²) < 4.78 is 4.77. The first-order chi connectivity index (χ1) is 6.49. The fraction of sp³-hybridized carbons (Fsp3) is 0.500. The number of Topliss-reactive ketones (excluding diaryl/α,β-unsaturated/α-hetero) is 1. The maximum atomic E-state index is 11.2. The molecule has 0 aromatic rings. The van der Waals surface area contributed by atoms with Gasteiger partial charge in [-0.1, -0.05) is 6.58 Å². The molecule has 0 bridgehead atoms. The van der Waals surface area contributed by atoms with E-state index in [9.17, 15) is 14.7 Å². The number of carbonyl (C=O) groups excluding carboxylic acids is 2. The monoisotopic (exact) mass is 201 g/mol. The Bertz CT molecular complexity index is 287. The van der Waals surface area contributed by atoms with Crippen molar-refractivity contribution in [1.29, 1.82) is 0 Å². The van der Waals surface area contributed by atoms with Crippen molar-refractivity contribution in [3.63, 3.8) is 0 Å². The van der Waals surface area contributed by atoms with E-state index in [4.69, 9.17) is 9.84 Å². The molecule has 1 aliphatic heterocycles. The summed E-state index contributed by atoms with van der Waals surface area (Å²) in [5.41, 5.74) is 0. The number of hydrogen-bond acceptors (Lipinski definition) is 5. The number of rotatable bonds is 2. The van der Waals surface area contributed by atoms with Gasteiger partial charge in [0.1, 0.15) is 5.76 Å². The van der Waals surface area contributed by atoms with Crippen LogP contribution in [0.2, 0.25) is 0 Å². The van der Waals surface area contributed by atoms with Gasteiger partial charge in [0.25, 0.3) is 5.91 Å². The number of ether oxygens (including phenoxy) is 1. The van der Waals surface area contributed by atoms with Gasteiger partial charge in [-0.15, -0.1) is 0 Å². The van der Waals surface area contributed by atoms with Gasteiger partial charge in [0.15, 0.2) is 18.3 Å². The van der Waals surface area contributed by atoms with E-state index in [-0.39, 0.29) is 5.76 Å². The summed E-state index contributed by atoms with van der Waals surface area (Å²) in [6, 6.07) is 0. The molecule has 1 rings (SSSR count). The van der Waals surface area contributed by atoms with Gasteiger partial charge in [-0.25, -0.2) is 0 Å². The van der Waals surface area contributed by atoms with Crippen LogP contribution in [0.4, 0.5) is 0 Å². The minimum Gasteiger partial charge on any atom is -0.481 e. The summed E-state index contributed by atoms with van der Waals surface area (Å²) >= 11 is 0. The lowest BCUT2D eigenvalue weighted by molar-refractivity contribution is -0.142.